The Morgan fingerprint density at radius 1 is 1.17 bits per heavy atom. The summed E-state index contributed by atoms with van der Waals surface area (Å²) < 4.78 is 0. The second-order valence-corrected chi connectivity index (χ2v) is 8.21. The van der Waals surface area contributed by atoms with Crippen molar-refractivity contribution >= 4 is 34.8 Å². The highest BCUT2D eigenvalue weighted by atomic mass is 32.2. The van der Waals surface area contributed by atoms with Crippen molar-refractivity contribution < 1.29 is 9.59 Å². The van der Waals surface area contributed by atoms with E-state index >= 15 is 0 Å². The molecule has 0 aliphatic carbocycles. The van der Waals surface area contributed by atoms with Gasteiger partial charge in [-0.2, -0.15) is 11.8 Å². The number of fused-ring (bicyclic) bond motifs is 1. The molecule has 0 saturated carbocycles. The topological polar surface area (TPSA) is 78.1 Å². The van der Waals surface area contributed by atoms with E-state index in [-0.39, 0.29) is 18.2 Å². The van der Waals surface area contributed by atoms with E-state index in [1.807, 2.05) is 48.7 Å². The average Bonchev–Trinajstić information content (AvgIpc) is 3.14. The van der Waals surface area contributed by atoms with Crippen LogP contribution in [0.2, 0.25) is 0 Å². The Labute approximate surface area is 180 Å². The first-order chi connectivity index (χ1) is 14.7. The number of rotatable bonds is 7. The minimum absolute atomic E-state index is 0.0284. The molecule has 3 heterocycles. The standard InChI is InChI=1S/C23H24N4O2S/c1-30-13-5-8-20(29)27-14-18-21(19(28)15-27)23(25-17-6-3-2-4-7-17)22(26-18)16-9-11-24-12-10-16/h2-4,6-7,9-12,25-26H,5,8,13-15H2,1H3. The summed E-state index contributed by atoms with van der Waals surface area (Å²) in [7, 11) is 0. The molecule has 0 radical (unpaired) electrons. The fourth-order valence-corrected chi connectivity index (χ4v) is 4.14. The SMILES string of the molecule is CSCCCC(=O)N1CC(=O)c2c([nH]c(-c3ccncc3)c2Nc2ccccc2)C1. The van der Waals surface area contributed by atoms with Gasteiger partial charge in [0.2, 0.25) is 5.91 Å². The van der Waals surface area contributed by atoms with Crippen LogP contribution in [0.1, 0.15) is 28.9 Å². The number of pyridine rings is 1. The number of anilines is 2. The number of aromatic amines is 1. The summed E-state index contributed by atoms with van der Waals surface area (Å²) in [4.78, 5) is 34.9. The average molecular weight is 421 g/mol. The van der Waals surface area contributed by atoms with Crippen molar-refractivity contribution in [3.63, 3.8) is 0 Å². The van der Waals surface area contributed by atoms with Crippen LogP contribution in [-0.2, 0) is 11.3 Å². The summed E-state index contributed by atoms with van der Waals surface area (Å²) >= 11 is 1.73. The van der Waals surface area contributed by atoms with Gasteiger partial charge in [0.05, 0.1) is 30.0 Å². The molecule has 0 atom stereocenters. The maximum Gasteiger partial charge on any atom is 0.223 e. The lowest BCUT2D eigenvalue weighted by Gasteiger charge is -2.26. The first kappa shape index (κ1) is 20.2. The van der Waals surface area contributed by atoms with Crippen LogP contribution < -0.4 is 5.32 Å². The normalized spacial score (nSPS) is 13.2. The number of hydrogen-bond acceptors (Lipinski definition) is 5. The summed E-state index contributed by atoms with van der Waals surface area (Å²) in [6, 6.07) is 13.6. The van der Waals surface area contributed by atoms with E-state index in [4.69, 9.17) is 0 Å². The van der Waals surface area contributed by atoms with Gasteiger partial charge in [0.1, 0.15) is 0 Å². The smallest absolute Gasteiger partial charge is 0.223 e. The molecular weight excluding hydrogens is 396 g/mol. The number of nitrogens with one attached hydrogen (secondary N) is 2. The summed E-state index contributed by atoms with van der Waals surface area (Å²) in [5.41, 5.74) is 4.83. The predicted octanol–water partition coefficient (Wildman–Crippen LogP) is 4.49. The van der Waals surface area contributed by atoms with Crippen LogP contribution in [0, 0.1) is 0 Å². The van der Waals surface area contributed by atoms with Gasteiger partial charge in [-0.15, -0.1) is 0 Å². The van der Waals surface area contributed by atoms with Gasteiger partial charge in [0.25, 0.3) is 0 Å². The molecule has 30 heavy (non-hydrogen) atoms. The number of carbonyl (C=O) groups is 2. The van der Waals surface area contributed by atoms with Crippen LogP contribution in [0.3, 0.4) is 0 Å². The summed E-state index contributed by atoms with van der Waals surface area (Å²) in [6.45, 7) is 0.524. The van der Waals surface area contributed by atoms with E-state index in [0.717, 1.165) is 40.5 Å². The number of H-pyrrole nitrogens is 1. The number of Topliss-reactive ketones (excluding diaryl/α,β-unsaturated/α-hetero) is 1. The fraction of sp³-hybridized carbons (Fsp3) is 0.261. The molecule has 4 rings (SSSR count). The molecule has 2 aromatic heterocycles. The van der Waals surface area contributed by atoms with Crippen LogP contribution in [0.5, 0.6) is 0 Å². The number of aromatic nitrogens is 2. The number of amides is 1. The van der Waals surface area contributed by atoms with Crippen molar-refractivity contribution in [3.05, 3.63) is 66.1 Å². The molecule has 1 aromatic carbocycles. The van der Waals surface area contributed by atoms with E-state index in [1.165, 1.54) is 0 Å². The van der Waals surface area contributed by atoms with E-state index < -0.39 is 0 Å². The van der Waals surface area contributed by atoms with Gasteiger partial charge < -0.3 is 15.2 Å². The van der Waals surface area contributed by atoms with Crippen LogP contribution in [0.15, 0.2) is 54.9 Å². The molecule has 1 aliphatic rings. The highest BCUT2D eigenvalue weighted by Gasteiger charge is 2.32. The van der Waals surface area contributed by atoms with E-state index in [2.05, 4.69) is 15.3 Å². The highest BCUT2D eigenvalue weighted by molar-refractivity contribution is 7.98. The Morgan fingerprint density at radius 3 is 2.67 bits per heavy atom. The van der Waals surface area contributed by atoms with Gasteiger partial charge in [0.15, 0.2) is 5.78 Å². The Bertz CT molecular complexity index is 1030. The zero-order valence-corrected chi connectivity index (χ0v) is 17.7. The number of thioether (sulfide) groups is 1. The minimum atomic E-state index is -0.0514. The third-order valence-corrected chi connectivity index (χ3v) is 5.84. The quantitative estimate of drug-likeness (QED) is 0.551. The number of ketones is 1. The molecule has 1 aliphatic heterocycles. The Kier molecular flexibility index (Phi) is 6.18. The maximum absolute atomic E-state index is 13.1. The molecule has 3 aromatic rings. The number of benzene rings is 1. The molecule has 1 amide bonds. The molecule has 0 fully saturated rings. The van der Waals surface area contributed by atoms with Gasteiger partial charge in [-0.25, -0.2) is 0 Å². The van der Waals surface area contributed by atoms with Crippen LogP contribution in [0.25, 0.3) is 11.3 Å². The maximum atomic E-state index is 13.1. The Morgan fingerprint density at radius 2 is 1.93 bits per heavy atom. The second kappa shape index (κ2) is 9.17. The molecule has 0 saturated heterocycles. The summed E-state index contributed by atoms with van der Waals surface area (Å²) in [5.74, 6) is 0.920. The van der Waals surface area contributed by atoms with Crippen molar-refractivity contribution in [1.82, 2.24) is 14.9 Å². The first-order valence-electron chi connectivity index (χ1n) is 9.94. The van der Waals surface area contributed by atoms with Gasteiger partial charge in [-0.3, -0.25) is 14.6 Å². The van der Waals surface area contributed by atoms with E-state index in [9.17, 15) is 9.59 Å². The summed E-state index contributed by atoms with van der Waals surface area (Å²) in [5, 5.41) is 3.42. The molecular formula is C23H24N4O2S. The lowest BCUT2D eigenvalue weighted by atomic mass is 10.0. The minimum Gasteiger partial charge on any atom is -0.355 e. The molecule has 0 unspecified atom stereocenters. The molecule has 0 bridgehead atoms. The highest BCUT2D eigenvalue weighted by Crippen LogP contribution is 2.37. The van der Waals surface area contributed by atoms with Crippen molar-refractivity contribution in [2.75, 3.05) is 23.9 Å². The predicted molar refractivity (Wildman–Crippen MR) is 121 cm³/mol. The van der Waals surface area contributed by atoms with E-state index in [1.54, 1.807) is 29.1 Å². The van der Waals surface area contributed by atoms with Crippen LogP contribution >= 0.6 is 11.8 Å². The first-order valence-corrected chi connectivity index (χ1v) is 11.3. The second-order valence-electron chi connectivity index (χ2n) is 7.22. The van der Waals surface area contributed by atoms with Gasteiger partial charge in [0, 0.05) is 35.8 Å². The number of nitrogens with zero attached hydrogens (tertiary/aromatic N) is 2. The number of para-hydroxylation sites is 1. The molecule has 2 N–H and O–H groups in total. The van der Waals surface area contributed by atoms with E-state index in [0.29, 0.717) is 18.5 Å². The monoisotopic (exact) mass is 420 g/mol. The van der Waals surface area contributed by atoms with Crippen molar-refractivity contribution in [1.29, 1.82) is 0 Å². The Hall–Kier alpha value is -3.06. The Balaban J connectivity index is 1.69. The fourth-order valence-electron chi connectivity index (χ4n) is 3.71. The molecule has 154 valence electrons. The van der Waals surface area contributed by atoms with Crippen molar-refractivity contribution in [2.45, 2.75) is 19.4 Å². The zero-order chi connectivity index (χ0) is 20.9. The number of carbonyl (C=O) groups excluding carboxylic acids is 2. The molecule has 6 nitrogen and oxygen atoms in total. The zero-order valence-electron chi connectivity index (χ0n) is 16.9. The molecule has 0 spiro atoms. The third kappa shape index (κ3) is 4.26. The lowest BCUT2D eigenvalue weighted by molar-refractivity contribution is -0.131. The van der Waals surface area contributed by atoms with Gasteiger partial charge in [-0.1, -0.05) is 18.2 Å². The van der Waals surface area contributed by atoms with Crippen LogP contribution in [-0.4, -0.2) is 45.1 Å². The molecule has 7 heteroatoms. The van der Waals surface area contributed by atoms with Gasteiger partial charge in [-0.05, 0) is 42.7 Å². The number of hydrogen-bond donors (Lipinski definition) is 2. The van der Waals surface area contributed by atoms with Gasteiger partial charge >= 0.3 is 0 Å². The van der Waals surface area contributed by atoms with Crippen molar-refractivity contribution in [3.8, 4) is 11.3 Å². The lowest BCUT2D eigenvalue weighted by Crippen LogP contribution is -2.39. The largest absolute Gasteiger partial charge is 0.355 e. The van der Waals surface area contributed by atoms with Crippen molar-refractivity contribution in [2.24, 2.45) is 0 Å². The summed E-state index contributed by atoms with van der Waals surface area (Å²) in [6.07, 6.45) is 6.78. The van der Waals surface area contributed by atoms with Crippen LogP contribution in [0.4, 0.5) is 11.4 Å². The third-order valence-electron chi connectivity index (χ3n) is 5.14.